The Morgan fingerprint density at radius 1 is 1.32 bits per heavy atom. The van der Waals surface area contributed by atoms with Gasteiger partial charge in [-0.15, -0.1) is 6.42 Å². The van der Waals surface area contributed by atoms with Gasteiger partial charge in [0.2, 0.25) is 0 Å². The number of benzene rings is 1. The summed E-state index contributed by atoms with van der Waals surface area (Å²) in [5, 5.41) is 5.36. The number of halogens is 2. The van der Waals surface area contributed by atoms with Gasteiger partial charge in [-0.25, -0.2) is 9.86 Å². The first-order valence-corrected chi connectivity index (χ1v) is 10.5. The second-order valence-corrected chi connectivity index (χ2v) is 8.45. The van der Waals surface area contributed by atoms with Crippen LogP contribution in [0, 0.1) is 18.3 Å². The molecule has 2 amide bonds. The third kappa shape index (κ3) is 4.93. The van der Waals surface area contributed by atoms with Crippen LogP contribution in [0.3, 0.4) is 0 Å². The highest BCUT2D eigenvalue weighted by molar-refractivity contribution is 6.43. The van der Waals surface area contributed by atoms with Crippen molar-refractivity contribution in [1.29, 1.82) is 0 Å². The molecular weight excluding hydrogens is 397 g/mol. The second-order valence-electron chi connectivity index (χ2n) is 7.70. The van der Waals surface area contributed by atoms with Crippen LogP contribution in [0.15, 0.2) is 12.1 Å². The number of carbonyl (C=O) groups is 1. The molecule has 1 aromatic rings. The molecule has 1 atom stereocenters. The molecule has 152 valence electrons. The first kappa shape index (κ1) is 21.3. The van der Waals surface area contributed by atoms with E-state index < -0.39 is 0 Å². The molecule has 1 N–H and O–H groups in total. The van der Waals surface area contributed by atoms with E-state index in [1.807, 2.05) is 6.07 Å². The molecule has 1 unspecified atom stereocenters. The number of terminal acetylenes is 1. The van der Waals surface area contributed by atoms with Gasteiger partial charge in [-0.3, -0.25) is 4.84 Å². The zero-order valence-electron chi connectivity index (χ0n) is 16.4. The van der Waals surface area contributed by atoms with E-state index in [1.165, 1.54) is 17.9 Å². The van der Waals surface area contributed by atoms with Gasteiger partial charge in [0.25, 0.3) is 0 Å². The number of piperidine rings is 1. The molecule has 1 heterocycles. The lowest BCUT2D eigenvalue weighted by atomic mass is 9.99. The molecule has 1 saturated heterocycles. The molecule has 2 fully saturated rings. The quantitative estimate of drug-likeness (QED) is 0.541. The number of hydrogen-bond donors (Lipinski definition) is 1. The van der Waals surface area contributed by atoms with Crippen LogP contribution >= 0.6 is 23.2 Å². The minimum Gasteiger partial charge on any atom is -0.329 e. The SMILES string of the molecule is C#Cc1ccc(C(CC2CC2)NC(=O)N(OC)C2CCN(C)CC2)c(Cl)c1Cl. The van der Waals surface area contributed by atoms with E-state index in [1.54, 1.807) is 13.2 Å². The summed E-state index contributed by atoms with van der Waals surface area (Å²) in [6.45, 7) is 1.89. The smallest absolute Gasteiger partial charge is 0.329 e. The highest BCUT2D eigenvalue weighted by Crippen LogP contribution is 2.41. The monoisotopic (exact) mass is 423 g/mol. The number of nitrogens with one attached hydrogen (secondary N) is 1. The van der Waals surface area contributed by atoms with E-state index in [0.29, 0.717) is 21.5 Å². The fraction of sp³-hybridized carbons (Fsp3) is 0.571. The predicted octanol–water partition coefficient (Wildman–Crippen LogP) is 4.48. The summed E-state index contributed by atoms with van der Waals surface area (Å²) in [5.41, 5.74) is 1.35. The molecule has 1 saturated carbocycles. The number of hydrogen-bond acceptors (Lipinski definition) is 3. The van der Waals surface area contributed by atoms with Crippen LogP contribution in [-0.4, -0.2) is 49.3 Å². The van der Waals surface area contributed by atoms with Crippen LogP contribution in [0.1, 0.15) is 49.3 Å². The summed E-state index contributed by atoms with van der Waals surface area (Å²) >= 11 is 12.8. The number of rotatable bonds is 6. The molecule has 1 aliphatic carbocycles. The van der Waals surface area contributed by atoms with Crippen molar-refractivity contribution in [3.8, 4) is 12.3 Å². The van der Waals surface area contributed by atoms with Crippen LogP contribution in [0.4, 0.5) is 4.79 Å². The zero-order valence-corrected chi connectivity index (χ0v) is 17.9. The minimum atomic E-state index is -0.240. The molecule has 0 bridgehead atoms. The summed E-state index contributed by atoms with van der Waals surface area (Å²) in [4.78, 5) is 20.7. The minimum absolute atomic E-state index is 0.0608. The van der Waals surface area contributed by atoms with E-state index >= 15 is 0 Å². The molecule has 7 heteroatoms. The Labute approximate surface area is 177 Å². The van der Waals surface area contributed by atoms with E-state index in [4.69, 9.17) is 34.5 Å². The first-order valence-electron chi connectivity index (χ1n) is 9.71. The molecular formula is C21H27Cl2N3O2. The summed E-state index contributed by atoms with van der Waals surface area (Å²) in [6, 6.07) is 3.23. The Morgan fingerprint density at radius 2 is 2.00 bits per heavy atom. The fourth-order valence-electron chi connectivity index (χ4n) is 3.74. The average molecular weight is 424 g/mol. The summed E-state index contributed by atoms with van der Waals surface area (Å²) in [6.07, 6.45) is 10.4. The van der Waals surface area contributed by atoms with Gasteiger partial charge in [0, 0.05) is 5.56 Å². The highest BCUT2D eigenvalue weighted by Gasteiger charge is 2.33. The maximum absolute atomic E-state index is 13.0. The number of likely N-dealkylation sites (tertiary alicyclic amines) is 1. The summed E-state index contributed by atoms with van der Waals surface area (Å²) in [5.74, 6) is 3.12. The van der Waals surface area contributed by atoms with Crippen LogP contribution in [0.5, 0.6) is 0 Å². The van der Waals surface area contributed by atoms with Gasteiger partial charge in [-0.2, -0.15) is 0 Å². The standard InChI is InChI=1S/C21H27Cl2N3O2/c1-4-15-7-8-17(20(23)19(15)22)18(13-14-5-6-14)24-21(27)26(28-3)16-9-11-25(2)12-10-16/h1,7-8,14,16,18H,5-6,9-13H2,2-3H3,(H,24,27). The Bertz CT molecular complexity index is 753. The number of amides is 2. The third-order valence-corrected chi connectivity index (χ3v) is 6.52. The summed E-state index contributed by atoms with van der Waals surface area (Å²) < 4.78 is 0. The van der Waals surface area contributed by atoms with Gasteiger partial charge in [0.1, 0.15) is 0 Å². The molecule has 2 aliphatic rings. The van der Waals surface area contributed by atoms with Crippen molar-refractivity contribution in [2.24, 2.45) is 5.92 Å². The van der Waals surface area contributed by atoms with Crippen molar-refractivity contribution in [3.05, 3.63) is 33.3 Å². The van der Waals surface area contributed by atoms with Gasteiger partial charge < -0.3 is 10.2 Å². The van der Waals surface area contributed by atoms with Gasteiger partial charge in [0.05, 0.1) is 29.2 Å². The lowest BCUT2D eigenvalue weighted by Gasteiger charge is -2.36. The molecule has 0 spiro atoms. The predicted molar refractivity (Wildman–Crippen MR) is 112 cm³/mol. The van der Waals surface area contributed by atoms with Crippen LogP contribution in [0.25, 0.3) is 0 Å². The molecule has 5 nitrogen and oxygen atoms in total. The van der Waals surface area contributed by atoms with Gasteiger partial charge in [-0.1, -0.05) is 48.0 Å². The molecule has 0 radical (unpaired) electrons. The molecule has 1 aromatic carbocycles. The van der Waals surface area contributed by atoms with Crippen LogP contribution in [0.2, 0.25) is 10.0 Å². The topological polar surface area (TPSA) is 44.8 Å². The Balaban J connectivity index is 1.77. The lowest BCUT2D eigenvalue weighted by molar-refractivity contribution is -0.127. The van der Waals surface area contributed by atoms with Crippen molar-refractivity contribution in [2.75, 3.05) is 27.2 Å². The largest absolute Gasteiger partial charge is 0.342 e. The van der Waals surface area contributed by atoms with Gasteiger partial charge in [-0.05, 0) is 56.9 Å². The molecule has 1 aliphatic heterocycles. The molecule has 3 rings (SSSR count). The number of carbonyl (C=O) groups excluding carboxylic acids is 1. The maximum atomic E-state index is 13.0. The van der Waals surface area contributed by atoms with Crippen LogP contribution in [-0.2, 0) is 4.84 Å². The Kier molecular flexibility index (Phi) is 7.11. The van der Waals surface area contributed by atoms with Gasteiger partial charge >= 0.3 is 6.03 Å². The fourth-order valence-corrected chi connectivity index (χ4v) is 4.26. The van der Waals surface area contributed by atoms with Crippen molar-refractivity contribution >= 4 is 29.2 Å². The second kappa shape index (κ2) is 9.37. The molecule has 28 heavy (non-hydrogen) atoms. The van der Waals surface area contributed by atoms with Crippen molar-refractivity contribution in [2.45, 2.75) is 44.2 Å². The van der Waals surface area contributed by atoms with E-state index in [0.717, 1.165) is 37.9 Å². The normalized spacial score (nSPS) is 19.1. The van der Waals surface area contributed by atoms with Crippen molar-refractivity contribution in [1.82, 2.24) is 15.3 Å². The first-order chi connectivity index (χ1) is 13.4. The van der Waals surface area contributed by atoms with Crippen molar-refractivity contribution < 1.29 is 9.63 Å². The zero-order chi connectivity index (χ0) is 20.3. The molecule has 0 aromatic heterocycles. The Morgan fingerprint density at radius 3 is 2.57 bits per heavy atom. The van der Waals surface area contributed by atoms with Gasteiger partial charge in [0.15, 0.2) is 0 Å². The van der Waals surface area contributed by atoms with Crippen molar-refractivity contribution in [3.63, 3.8) is 0 Å². The maximum Gasteiger partial charge on any atom is 0.342 e. The number of nitrogens with zero attached hydrogens (tertiary/aromatic N) is 2. The average Bonchev–Trinajstić information content (AvgIpc) is 3.49. The summed E-state index contributed by atoms with van der Waals surface area (Å²) in [7, 11) is 3.63. The number of urea groups is 1. The lowest BCUT2D eigenvalue weighted by Crippen LogP contribution is -2.50. The van der Waals surface area contributed by atoms with E-state index in [2.05, 4.69) is 23.2 Å². The van der Waals surface area contributed by atoms with E-state index in [9.17, 15) is 4.79 Å². The third-order valence-electron chi connectivity index (χ3n) is 5.62. The number of hydroxylamine groups is 2. The van der Waals surface area contributed by atoms with Crippen LogP contribution < -0.4 is 5.32 Å². The van der Waals surface area contributed by atoms with E-state index in [-0.39, 0.29) is 18.1 Å². The highest BCUT2D eigenvalue weighted by atomic mass is 35.5. The Hall–Kier alpha value is -1.45.